The van der Waals surface area contributed by atoms with Gasteiger partial charge in [-0.3, -0.25) is 0 Å². The average molecular weight is 319 g/mol. The first-order valence-electron chi connectivity index (χ1n) is 11.1. The molecule has 1 atom stereocenters. The van der Waals surface area contributed by atoms with Crippen molar-refractivity contribution in [2.45, 2.75) is 18.6 Å². The Morgan fingerprint density at radius 2 is 1.95 bits per heavy atom. The molecule has 2 aromatic rings. The van der Waals surface area contributed by atoms with E-state index in [1.165, 1.54) is 30.3 Å². The molecule has 0 fully saturated rings. The number of nitrogens with one attached hydrogen (secondary N) is 1. The van der Waals surface area contributed by atoms with Crippen LogP contribution in [0.15, 0.2) is 54.5 Å². The second-order valence-corrected chi connectivity index (χ2v) is 4.03. The van der Waals surface area contributed by atoms with Gasteiger partial charge in [0.25, 0.3) is 0 Å². The van der Waals surface area contributed by atoms with Crippen molar-refractivity contribution in [2.24, 2.45) is 0 Å². The van der Waals surface area contributed by atoms with Gasteiger partial charge in [-0.25, -0.2) is 0 Å². The highest BCUT2D eigenvalue weighted by Crippen LogP contribution is 2.31. The monoisotopic (exact) mass is 319 g/mol. The second-order valence-electron chi connectivity index (χ2n) is 4.03. The highest BCUT2D eigenvalue weighted by molar-refractivity contribution is 5.30. The van der Waals surface area contributed by atoms with Crippen molar-refractivity contribution in [1.29, 1.82) is 0 Å². The summed E-state index contributed by atoms with van der Waals surface area (Å²) in [6.45, 7) is -3.76. The van der Waals surface area contributed by atoms with Crippen LogP contribution in [0, 0.1) is 0 Å². The Labute approximate surface area is 142 Å². The summed E-state index contributed by atoms with van der Waals surface area (Å²) >= 11 is 0. The number of halogens is 3. The standard InChI is InChI=1S/C17H18F3NO/c1-21-12-11-16(13-5-3-2-4-6-13)22-15-9-7-14(8-10-15)17(18,19)20/h2-10,16,21H,11-12H2,1H3/i1D3,7D,8D,9D,10D,11D2,16D. The minimum Gasteiger partial charge on any atom is -0.486 e. The quantitative estimate of drug-likeness (QED) is 0.850. The second kappa shape index (κ2) is 7.31. The topological polar surface area (TPSA) is 21.3 Å². The van der Waals surface area contributed by atoms with E-state index in [0.717, 1.165) is 0 Å². The van der Waals surface area contributed by atoms with Crippen LogP contribution in [0.3, 0.4) is 0 Å². The first-order valence-corrected chi connectivity index (χ1v) is 6.09. The van der Waals surface area contributed by atoms with Gasteiger partial charge in [0.15, 0.2) is 0 Å². The van der Waals surface area contributed by atoms with Gasteiger partial charge >= 0.3 is 6.18 Å². The predicted octanol–water partition coefficient (Wildman–Crippen LogP) is 4.44. The molecule has 5 heteroatoms. The summed E-state index contributed by atoms with van der Waals surface area (Å²) in [6.07, 6.45) is -10.9. The molecule has 0 aliphatic carbocycles. The van der Waals surface area contributed by atoms with Gasteiger partial charge in [0, 0.05) is 13.2 Å². The van der Waals surface area contributed by atoms with Crippen LogP contribution < -0.4 is 10.1 Å². The summed E-state index contributed by atoms with van der Waals surface area (Å²) in [5, 5.41) is 1.91. The van der Waals surface area contributed by atoms with E-state index in [1.54, 1.807) is 0 Å². The summed E-state index contributed by atoms with van der Waals surface area (Å²) in [7, 11) is 0. The fourth-order valence-electron chi connectivity index (χ4n) is 1.51. The van der Waals surface area contributed by atoms with Crippen LogP contribution in [-0.2, 0) is 6.18 Å². The maximum Gasteiger partial charge on any atom is 0.416 e. The molecular formula is C17H18F3NO. The normalized spacial score (nSPS) is 22.1. The molecule has 118 valence electrons. The molecular weight excluding hydrogens is 291 g/mol. The molecule has 0 radical (unpaired) electrons. The zero-order valence-corrected chi connectivity index (χ0v) is 11.1. The van der Waals surface area contributed by atoms with Gasteiger partial charge in [-0.1, -0.05) is 30.3 Å². The van der Waals surface area contributed by atoms with E-state index in [-0.39, 0.29) is 5.56 Å². The van der Waals surface area contributed by atoms with Crippen molar-refractivity contribution in [2.75, 3.05) is 13.5 Å². The van der Waals surface area contributed by atoms with Crippen LogP contribution in [0.25, 0.3) is 0 Å². The van der Waals surface area contributed by atoms with Crippen LogP contribution >= 0.6 is 0 Å². The molecule has 2 aromatic carbocycles. The molecule has 2 rings (SSSR count). The lowest BCUT2D eigenvalue weighted by Gasteiger charge is -2.20. The van der Waals surface area contributed by atoms with Gasteiger partial charge in [0.2, 0.25) is 0 Å². The van der Waals surface area contributed by atoms with Crippen molar-refractivity contribution in [3.8, 4) is 5.75 Å². The summed E-state index contributed by atoms with van der Waals surface area (Å²) in [5.74, 6) is -1.08. The van der Waals surface area contributed by atoms with Crippen LogP contribution in [0.5, 0.6) is 5.75 Å². The number of hydrogen-bond acceptors (Lipinski definition) is 2. The van der Waals surface area contributed by atoms with E-state index in [2.05, 4.69) is 0 Å². The minimum absolute atomic E-state index is 0.200. The van der Waals surface area contributed by atoms with Gasteiger partial charge in [-0.2, -0.15) is 13.2 Å². The molecule has 0 saturated carbocycles. The fourth-order valence-corrected chi connectivity index (χ4v) is 1.51. The van der Waals surface area contributed by atoms with Crippen molar-refractivity contribution >= 4 is 0 Å². The third-order valence-electron chi connectivity index (χ3n) is 2.46. The first-order chi connectivity index (χ1) is 14.4. The zero-order valence-electron chi connectivity index (χ0n) is 21.1. The average Bonchev–Trinajstić information content (AvgIpc) is 2.67. The lowest BCUT2D eigenvalue weighted by Crippen LogP contribution is -2.16. The lowest BCUT2D eigenvalue weighted by atomic mass is 10.1. The largest absolute Gasteiger partial charge is 0.486 e. The Balaban J connectivity index is 2.69. The van der Waals surface area contributed by atoms with Gasteiger partial charge in [0.05, 0.1) is 12.4 Å². The van der Waals surface area contributed by atoms with Gasteiger partial charge in [-0.05, 0) is 43.3 Å². The Morgan fingerprint density at radius 3 is 2.55 bits per heavy atom. The molecule has 0 heterocycles. The van der Waals surface area contributed by atoms with E-state index in [4.69, 9.17) is 18.4 Å². The Kier molecular flexibility index (Phi) is 2.50. The highest BCUT2D eigenvalue weighted by atomic mass is 19.4. The molecule has 0 saturated heterocycles. The summed E-state index contributed by atoms with van der Waals surface area (Å²) < 4.78 is 123. The molecule has 1 unspecified atom stereocenters. The van der Waals surface area contributed by atoms with Crippen molar-refractivity contribution < 1.29 is 31.6 Å². The van der Waals surface area contributed by atoms with Crippen LogP contribution in [-0.4, -0.2) is 13.5 Å². The number of benzene rings is 2. The SMILES string of the molecule is [2H]c1c([2H])c(C(F)(F)F)c([2H])c([2H])c1OC([2H])(c1ccccc1)C([2H])([2H])CNC([2H])([2H])[2H]. The Bertz CT molecular complexity index is 952. The van der Waals surface area contributed by atoms with E-state index >= 15 is 0 Å². The molecule has 0 spiro atoms. The third kappa shape index (κ3) is 4.49. The van der Waals surface area contributed by atoms with Gasteiger partial charge in [0.1, 0.15) is 11.8 Å². The van der Waals surface area contributed by atoms with Crippen molar-refractivity contribution in [3.63, 3.8) is 0 Å². The molecule has 22 heavy (non-hydrogen) atoms. The third-order valence-corrected chi connectivity index (χ3v) is 2.46. The predicted molar refractivity (Wildman–Crippen MR) is 79.8 cm³/mol. The van der Waals surface area contributed by atoms with Crippen molar-refractivity contribution in [3.05, 3.63) is 65.6 Å². The van der Waals surface area contributed by atoms with E-state index < -0.39 is 67.6 Å². The maximum atomic E-state index is 13.2. The summed E-state index contributed by atoms with van der Waals surface area (Å²) in [6, 6.07) is 1.34. The van der Waals surface area contributed by atoms with E-state index in [9.17, 15) is 13.2 Å². The zero-order chi connectivity index (χ0) is 24.7. The fraction of sp³-hybridized carbons (Fsp3) is 0.294. The molecule has 2 nitrogen and oxygen atoms in total. The van der Waals surface area contributed by atoms with Crippen LogP contribution in [0.4, 0.5) is 13.2 Å². The summed E-state index contributed by atoms with van der Waals surface area (Å²) in [4.78, 5) is 0. The van der Waals surface area contributed by atoms with Crippen LogP contribution in [0.1, 0.15) is 37.3 Å². The number of ether oxygens (including phenoxy) is 1. The Morgan fingerprint density at radius 1 is 1.27 bits per heavy atom. The summed E-state index contributed by atoms with van der Waals surface area (Å²) in [5.41, 5.74) is -2.03. The molecule has 0 aliphatic heterocycles. The molecule has 1 N–H and O–H groups in total. The Hall–Kier alpha value is -2.01. The molecule has 0 bridgehead atoms. The smallest absolute Gasteiger partial charge is 0.416 e. The number of rotatable bonds is 6. The highest BCUT2D eigenvalue weighted by Gasteiger charge is 2.30. The van der Waals surface area contributed by atoms with Gasteiger partial charge in [-0.15, -0.1) is 0 Å². The maximum absolute atomic E-state index is 13.2. The minimum atomic E-state index is -5.20. The van der Waals surface area contributed by atoms with Crippen molar-refractivity contribution in [1.82, 2.24) is 5.32 Å². The van der Waals surface area contributed by atoms with Crippen LogP contribution in [0.2, 0.25) is 0 Å². The first kappa shape index (κ1) is 7.51. The molecule has 0 aliphatic rings. The molecule has 0 aromatic heterocycles. The van der Waals surface area contributed by atoms with E-state index in [0.29, 0.717) is 0 Å². The number of hydrogen-bond donors (Lipinski definition) is 1. The number of alkyl halides is 3. The van der Waals surface area contributed by atoms with E-state index in [1.807, 2.05) is 5.32 Å². The molecule has 0 amide bonds. The van der Waals surface area contributed by atoms with Gasteiger partial charge < -0.3 is 10.1 Å². The lowest BCUT2D eigenvalue weighted by molar-refractivity contribution is -0.137.